The predicted octanol–water partition coefficient (Wildman–Crippen LogP) is -0.164. The van der Waals surface area contributed by atoms with Gasteiger partial charge in [0.25, 0.3) is 12.2 Å². The lowest BCUT2D eigenvalue weighted by Gasteiger charge is -1.84. The van der Waals surface area contributed by atoms with Gasteiger partial charge in [0.1, 0.15) is 0 Å². The van der Waals surface area contributed by atoms with Crippen LogP contribution in [0.15, 0.2) is 16.7 Å². The van der Waals surface area contributed by atoms with Crippen LogP contribution in [-0.4, -0.2) is 12.2 Å². The molecule has 0 unspecified atom stereocenters. The van der Waals surface area contributed by atoms with Gasteiger partial charge in [-0.2, -0.15) is 0 Å². The summed E-state index contributed by atoms with van der Waals surface area (Å²) in [6.07, 6.45) is 2.65. The van der Waals surface area contributed by atoms with Crippen LogP contribution in [0.3, 0.4) is 0 Å². The van der Waals surface area contributed by atoms with E-state index in [9.17, 15) is 9.59 Å². The molecule has 10 heavy (non-hydrogen) atoms. The predicted molar refractivity (Wildman–Crippen MR) is 32.0 cm³/mol. The van der Waals surface area contributed by atoms with E-state index in [-0.39, 0.29) is 11.3 Å². The molecule has 2 N–H and O–H groups in total. The standard InChI is InChI=1S/C6H4NO3/c7-6(9)4-1-2-10-5(4)3-8/h1-2H,(H2,7,9). The minimum absolute atomic E-state index is 0.0648. The Labute approximate surface area is 56.6 Å². The molecule has 0 aliphatic rings. The molecule has 1 aromatic rings. The summed E-state index contributed by atoms with van der Waals surface area (Å²) < 4.78 is 4.55. The van der Waals surface area contributed by atoms with Gasteiger partial charge in [0, 0.05) is 0 Å². The average molecular weight is 138 g/mol. The molecule has 4 nitrogen and oxygen atoms in total. The van der Waals surface area contributed by atoms with Crippen molar-refractivity contribution in [2.45, 2.75) is 0 Å². The SMILES string of the molecule is NC(=O)c1ccoc1[C]=O. The lowest BCUT2D eigenvalue weighted by atomic mass is 10.2. The third-order valence-corrected chi connectivity index (χ3v) is 1.02. The van der Waals surface area contributed by atoms with Gasteiger partial charge in [0.15, 0.2) is 5.76 Å². The average Bonchev–Trinajstić information content (AvgIpc) is 2.33. The third kappa shape index (κ3) is 0.907. The first-order valence-corrected chi connectivity index (χ1v) is 2.51. The van der Waals surface area contributed by atoms with E-state index >= 15 is 0 Å². The minimum Gasteiger partial charge on any atom is -0.460 e. The fraction of sp³-hybridized carbons (Fsp3) is 0. The van der Waals surface area contributed by atoms with Crippen molar-refractivity contribution >= 4 is 12.2 Å². The topological polar surface area (TPSA) is 73.3 Å². The lowest BCUT2D eigenvalue weighted by molar-refractivity contribution is 0.0999. The largest absolute Gasteiger partial charge is 0.460 e. The van der Waals surface area contributed by atoms with Gasteiger partial charge in [0.2, 0.25) is 0 Å². The molecule has 0 saturated carbocycles. The zero-order valence-electron chi connectivity index (χ0n) is 4.96. The van der Waals surface area contributed by atoms with E-state index in [2.05, 4.69) is 4.42 Å². The Hall–Kier alpha value is -1.58. The highest BCUT2D eigenvalue weighted by Crippen LogP contribution is 2.05. The maximum absolute atomic E-state index is 10.4. The van der Waals surface area contributed by atoms with Crippen molar-refractivity contribution < 1.29 is 14.0 Å². The lowest BCUT2D eigenvalue weighted by Crippen LogP contribution is -2.11. The number of nitrogens with two attached hydrogens (primary N) is 1. The number of hydrogen-bond acceptors (Lipinski definition) is 3. The highest BCUT2D eigenvalue weighted by Gasteiger charge is 2.09. The molecule has 0 atom stereocenters. The van der Waals surface area contributed by atoms with Crippen LogP contribution in [0.5, 0.6) is 0 Å². The Balaban J connectivity index is 3.13. The molecular formula is C6H4NO3. The summed E-state index contributed by atoms with van der Waals surface area (Å²) in [6.45, 7) is 0. The molecule has 51 valence electrons. The molecule has 0 aliphatic heterocycles. The molecule has 1 aromatic heterocycles. The summed E-state index contributed by atoms with van der Waals surface area (Å²) in [5.41, 5.74) is 4.92. The Morgan fingerprint density at radius 1 is 1.70 bits per heavy atom. The quantitative estimate of drug-likeness (QED) is 0.616. The Morgan fingerprint density at radius 3 is 2.80 bits per heavy atom. The second-order valence-electron chi connectivity index (χ2n) is 1.63. The van der Waals surface area contributed by atoms with Gasteiger partial charge in [-0.1, -0.05) is 0 Å². The van der Waals surface area contributed by atoms with Crippen molar-refractivity contribution in [3.63, 3.8) is 0 Å². The molecule has 0 aliphatic carbocycles. The van der Waals surface area contributed by atoms with Gasteiger partial charge in [0.05, 0.1) is 11.8 Å². The van der Waals surface area contributed by atoms with Crippen molar-refractivity contribution in [2.75, 3.05) is 0 Å². The van der Waals surface area contributed by atoms with Crippen LogP contribution >= 0.6 is 0 Å². The van der Waals surface area contributed by atoms with Gasteiger partial charge in [-0.3, -0.25) is 9.59 Å². The van der Waals surface area contributed by atoms with Crippen molar-refractivity contribution in [3.8, 4) is 0 Å². The van der Waals surface area contributed by atoms with Gasteiger partial charge in [-0.05, 0) is 6.07 Å². The smallest absolute Gasteiger partial charge is 0.272 e. The van der Waals surface area contributed by atoms with E-state index in [1.165, 1.54) is 18.6 Å². The summed E-state index contributed by atoms with van der Waals surface area (Å²) in [4.78, 5) is 20.4. The maximum Gasteiger partial charge on any atom is 0.272 e. The highest BCUT2D eigenvalue weighted by molar-refractivity contribution is 5.99. The van der Waals surface area contributed by atoms with Crippen LogP contribution in [0.4, 0.5) is 0 Å². The van der Waals surface area contributed by atoms with E-state index in [1.54, 1.807) is 0 Å². The van der Waals surface area contributed by atoms with Crippen LogP contribution in [0.2, 0.25) is 0 Å². The number of primary amides is 1. The normalized spacial score (nSPS) is 9.20. The van der Waals surface area contributed by atoms with E-state index in [0.29, 0.717) is 0 Å². The Kier molecular flexibility index (Phi) is 1.53. The number of furan rings is 1. The van der Waals surface area contributed by atoms with Gasteiger partial charge < -0.3 is 10.2 Å². The molecule has 0 bridgehead atoms. The fourth-order valence-corrected chi connectivity index (χ4v) is 0.582. The second-order valence-corrected chi connectivity index (χ2v) is 1.63. The van der Waals surface area contributed by atoms with Crippen molar-refractivity contribution in [1.82, 2.24) is 0 Å². The summed E-state index contributed by atoms with van der Waals surface area (Å²) in [7, 11) is 0. The first-order valence-electron chi connectivity index (χ1n) is 2.51. The number of carbonyl (C=O) groups excluding carboxylic acids is 2. The molecule has 0 saturated heterocycles. The molecule has 1 amide bonds. The van der Waals surface area contributed by atoms with Gasteiger partial charge in [-0.15, -0.1) is 0 Å². The molecule has 1 heterocycles. The molecule has 0 fully saturated rings. The fourth-order valence-electron chi connectivity index (χ4n) is 0.582. The summed E-state index contributed by atoms with van der Waals surface area (Å²) >= 11 is 0. The zero-order valence-corrected chi connectivity index (χ0v) is 4.96. The molecule has 0 spiro atoms. The van der Waals surface area contributed by atoms with Crippen LogP contribution in [0.25, 0.3) is 0 Å². The summed E-state index contributed by atoms with van der Waals surface area (Å²) in [6, 6.07) is 1.32. The second kappa shape index (κ2) is 2.34. The number of amides is 1. The minimum atomic E-state index is -0.688. The van der Waals surface area contributed by atoms with Crippen LogP contribution < -0.4 is 5.73 Å². The summed E-state index contributed by atoms with van der Waals surface area (Å²) in [5, 5.41) is 0. The Bertz CT molecular complexity index is 264. The molecule has 1 rings (SSSR count). The molecule has 4 heteroatoms. The third-order valence-electron chi connectivity index (χ3n) is 1.02. The number of hydrogen-bond donors (Lipinski definition) is 1. The van der Waals surface area contributed by atoms with Crippen LogP contribution in [-0.2, 0) is 4.79 Å². The monoisotopic (exact) mass is 138 g/mol. The van der Waals surface area contributed by atoms with Crippen LogP contribution in [0.1, 0.15) is 16.1 Å². The van der Waals surface area contributed by atoms with Gasteiger partial charge in [-0.25, -0.2) is 0 Å². The molecule has 1 radical (unpaired) electrons. The number of carbonyl (C=O) groups is 1. The first-order chi connectivity index (χ1) is 4.75. The highest BCUT2D eigenvalue weighted by atomic mass is 16.3. The molecule has 0 aromatic carbocycles. The summed E-state index contributed by atoms with van der Waals surface area (Å²) in [5.74, 6) is -0.834. The van der Waals surface area contributed by atoms with E-state index in [1.807, 2.05) is 0 Å². The van der Waals surface area contributed by atoms with E-state index in [4.69, 9.17) is 5.73 Å². The van der Waals surface area contributed by atoms with Crippen LogP contribution in [0, 0.1) is 0 Å². The van der Waals surface area contributed by atoms with Crippen molar-refractivity contribution in [3.05, 3.63) is 23.7 Å². The Morgan fingerprint density at radius 2 is 2.40 bits per heavy atom. The number of rotatable bonds is 2. The van der Waals surface area contributed by atoms with Crippen molar-refractivity contribution in [1.29, 1.82) is 0 Å². The van der Waals surface area contributed by atoms with E-state index < -0.39 is 5.91 Å². The molecular weight excluding hydrogens is 134 g/mol. The maximum atomic E-state index is 10.4. The van der Waals surface area contributed by atoms with E-state index in [0.717, 1.165) is 0 Å². The first kappa shape index (κ1) is 6.54. The zero-order chi connectivity index (χ0) is 7.56. The van der Waals surface area contributed by atoms with Crippen molar-refractivity contribution in [2.24, 2.45) is 5.73 Å². The van der Waals surface area contributed by atoms with Gasteiger partial charge >= 0.3 is 0 Å².